The maximum absolute atomic E-state index is 14.7. The molecule has 1 amide bonds. The number of carbonyl (C=O) groups excluding carboxylic acids is 4. The maximum atomic E-state index is 14.7. The van der Waals surface area contributed by atoms with Gasteiger partial charge in [-0.1, -0.05) is 27.7 Å². The van der Waals surface area contributed by atoms with E-state index in [-0.39, 0.29) is 36.8 Å². The molecule has 2 aromatic rings. The molecule has 6 heterocycles. The van der Waals surface area contributed by atoms with Gasteiger partial charge in [-0.2, -0.15) is 0 Å². The predicted octanol–water partition coefficient (Wildman–Crippen LogP) is 3.36. The molecule has 0 spiro atoms. The molecule has 4 aliphatic heterocycles. The molecule has 13 atom stereocenters. The van der Waals surface area contributed by atoms with Gasteiger partial charge in [0, 0.05) is 55.8 Å². The van der Waals surface area contributed by atoms with Crippen molar-refractivity contribution in [1.82, 2.24) is 24.7 Å². The largest absolute Gasteiger partial charge is 0.458 e. The Labute approximate surface area is 335 Å². The predicted molar refractivity (Wildman–Crippen MR) is 209 cm³/mol. The lowest BCUT2D eigenvalue weighted by Crippen LogP contribution is -2.65. The van der Waals surface area contributed by atoms with E-state index < -0.39 is 83.4 Å². The molecule has 4 fully saturated rings. The lowest BCUT2D eigenvalue weighted by atomic mass is 9.73. The molecule has 15 heteroatoms. The Bertz CT molecular complexity index is 1810. The Morgan fingerprint density at radius 3 is 2.35 bits per heavy atom. The van der Waals surface area contributed by atoms with E-state index in [1.807, 2.05) is 44.1 Å². The molecule has 57 heavy (non-hydrogen) atoms. The zero-order valence-electron chi connectivity index (χ0n) is 35.0. The Hall–Kier alpha value is -3.60. The molecular weight excluding hydrogens is 734 g/mol. The number of hydrogen-bond acceptors (Lipinski definition) is 14. The summed E-state index contributed by atoms with van der Waals surface area (Å²) in [5.41, 5.74) is -0.647. The van der Waals surface area contributed by atoms with Crippen LogP contribution in [0.4, 0.5) is 4.79 Å². The van der Waals surface area contributed by atoms with E-state index in [1.54, 1.807) is 51.9 Å². The highest BCUT2D eigenvalue weighted by Crippen LogP contribution is 2.44. The van der Waals surface area contributed by atoms with Crippen LogP contribution in [0.15, 0.2) is 30.6 Å². The van der Waals surface area contributed by atoms with E-state index in [0.717, 1.165) is 16.6 Å². The zero-order chi connectivity index (χ0) is 41.7. The van der Waals surface area contributed by atoms with Gasteiger partial charge in [-0.3, -0.25) is 34.2 Å². The second-order valence-electron chi connectivity index (χ2n) is 17.6. The van der Waals surface area contributed by atoms with Gasteiger partial charge in [0.1, 0.15) is 23.9 Å². The Kier molecular flexibility index (Phi) is 12.5. The lowest BCUT2D eigenvalue weighted by Gasteiger charge is -2.48. The summed E-state index contributed by atoms with van der Waals surface area (Å²) in [4.78, 5) is 71.4. The molecule has 0 aromatic carbocycles. The van der Waals surface area contributed by atoms with Gasteiger partial charge in [-0.15, -0.1) is 0 Å². The SMILES string of the molecule is CC[C@H]1OC(=O)[C@H](C)C(=O)[C@H](C)[C@@H](O[C@@H]2O[C@H](C)C[C@H](N(C)C)[C@H]2O)[C@](C)(O)C[C@@H](C)C(=O)[C@H](C)[C@H]2N(C3CN(Cc4ccnc5cccnc45)C3)C(=O)O[C@]12C. The molecule has 314 valence electrons. The highest BCUT2D eigenvalue weighted by molar-refractivity contribution is 6.00. The number of amides is 1. The summed E-state index contributed by atoms with van der Waals surface area (Å²) in [5.74, 6) is -5.56. The van der Waals surface area contributed by atoms with Crippen molar-refractivity contribution in [1.29, 1.82) is 0 Å². The summed E-state index contributed by atoms with van der Waals surface area (Å²) >= 11 is 0. The summed E-state index contributed by atoms with van der Waals surface area (Å²) in [6.45, 7) is 15.0. The second-order valence-corrected chi connectivity index (χ2v) is 17.6. The quantitative estimate of drug-likeness (QED) is 0.308. The monoisotopic (exact) mass is 795 g/mol. The minimum absolute atomic E-state index is 0.118. The van der Waals surface area contributed by atoms with Gasteiger partial charge < -0.3 is 34.1 Å². The van der Waals surface area contributed by atoms with Gasteiger partial charge in [0.25, 0.3) is 0 Å². The number of ketones is 2. The third kappa shape index (κ3) is 8.20. The normalized spacial score (nSPS) is 39.1. The smallest absolute Gasteiger partial charge is 0.411 e. The molecule has 0 unspecified atom stereocenters. The number of carbonyl (C=O) groups is 4. The van der Waals surface area contributed by atoms with E-state index in [0.29, 0.717) is 26.1 Å². The minimum Gasteiger partial charge on any atom is -0.458 e. The average molecular weight is 796 g/mol. The van der Waals surface area contributed by atoms with Crippen LogP contribution < -0.4 is 0 Å². The molecule has 4 aliphatic rings. The van der Waals surface area contributed by atoms with Crippen molar-refractivity contribution in [3.63, 3.8) is 0 Å². The number of ether oxygens (including phenoxy) is 4. The van der Waals surface area contributed by atoms with Crippen molar-refractivity contribution in [2.45, 2.75) is 141 Å². The van der Waals surface area contributed by atoms with Crippen LogP contribution in [0.5, 0.6) is 0 Å². The van der Waals surface area contributed by atoms with Gasteiger partial charge >= 0.3 is 12.1 Å². The number of likely N-dealkylation sites (N-methyl/N-ethyl adjacent to an activating group) is 1. The number of hydrogen-bond donors (Lipinski definition) is 2. The molecule has 0 saturated carbocycles. The molecule has 2 N–H and O–H groups in total. The van der Waals surface area contributed by atoms with Crippen LogP contribution in [0.3, 0.4) is 0 Å². The first kappa shape index (κ1) is 43.0. The average Bonchev–Trinajstić information content (AvgIpc) is 3.42. The van der Waals surface area contributed by atoms with Crippen molar-refractivity contribution >= 4 is 34.7 Å². The van der Waals surface area contributed by atoms with Crippen molar-refractivity contribution < 1.29 is 48.3 Å². The van der Waals surface area contributed by atoms with Crippen LogP contribution in [0, 0.1) is 23.7 Å². The van der Waals surface area contributed by atoms with Crippen molar-refractivity contribution in [3.8, 4) is 0 Å². The van der Waals surface area contributed by atoms with Crippen molar-refractivity contribution in [3.05, 3.63) is 36.2 Å². The van der Waals surface area contributed by atoms with Gasteiger partial charge in [0.05, 0.1) is 40.9 Å². The van der Waals surface area contributed by atoms with E-state index in [9.17, 15) is 29.4 Å². The number of pyridine rings is 2. The first-order valence-electron chi connectivity index (χ1n) is 20.4. The van der Waals surface area contributed by atoms with Crippen LogP contribution in [-0.2, 0) is 39.9 Å². The number of rotatable bonds is 7. The van der Waals surface area contributed by atoms with Crippen LogP contribution in [0.25, 0.3) is 11.0 Å². The summed E-state index contributed by atoms with van der Waals surface area (Å²) in [6.07, 6.45) is -1.33. The third-order valence-corrected chi connectivity index (χ3v) is 13.0. The molecule has 2 aromatic heterocycles. The summed E-state index contributed by atoms with van der Waals surface area (Å²) < 4.78 is 24.8. The molecular formula is C42H61N5O10. The molecule has 0 aliphatic carbocycles. The summed E-state index contributed by atoms with van der Waals surface area (Å²) in [6, 6.07) is 4.23. The number of aliphatic hydroxyl groups is 2. The fraction of sp³-hybridized carbons (Fsp3) is 0.714. The number of Topliss-reactive ketones (excluding diaryl/α,β-unsaturated/α-hetero) is 2. The zero-order valence-corrected chi connectivity index (χ0v) is 35.0. The van der Waals surface area contributed by atoms with Crippen LogP contribution in [-0.4, -0.2) is 146 Å². The Morgan fingerprint density at radius 1 is 0.982 bits per heavy atom. The second kappa shape index (κ2) is 16.6. The fourth-order valence-electron chi connectivity index (χ4n) is 9.86. The van der Waals surface area contributed by atoms with E-state index >= 15 is 0 Å². The van der Waals surface area contributed by atoms with Crippen molar-refractivity contribution in [2.24, 2.45) is 23.7 Å². The summed E-state index contributed by atoms with van der Waals surface area (Å²) in [7, 11) is 3.69. The first-order chi connectivity index (χ1) is 26.8. The number of likely N-dealkylation sites (tertiary alicyclic amines) is 1. The highest BCUT2D eigenvalue weighted by atomic mass is 16.7. The van der Waals surface area contributed by atoms with Gasteiger partial charge in [-0.05, 0) is 84.8 Å². The molecule has 6 rings (SSSR count). The van der Waals surface area contributed by atoms with Gasteiger partial charge in [0.15, 0.2) is 17.7 Å². The highest BCUT2D eigenvalue weighted by Gasteiger charge is 2.62. The number of nitrogens with zero attached hydrogens (tertiary/aromatic N) is 5. The van der Waals surface area contributed by atoms with Gasteiger partial charge in [0.2, 0.25) is 0 Å². The number of aliphatic hydroxyl groups excluding tert-OH is 1. The minimum atomic E-state index is -1.81. The van der Waals surface area contributed by atoms with Crippen LogP contribution >= 0.6 is 0 Å². The van der Waals surface area contributed by atoms with E-state index in [4.69, 9.17) is 18.9 Å². The maximum Gasteiger partial charge on any atom is 0.411 e. The van der Waals surface area contributed by atoms with Crippen LogP contribution in [0.2, 0.25) is 0 Å². The molecule has 15 nitrogen and oxygen atoms in total. The van der Waals surface area contributed by atoms with Crippen LogP contribution in [0.1, 0.15) is 80.2 Å². The van der Waals surface area contributed by atoms with E-state index in [1.165, 1.54) is 13.8 Å². The topological polar surface area (TPSA) is 181 Å². The number of aromatic nitrogens is 2. The van der Waals surface area contributed by atoms with Gasteiger partial charge in [-0.25, -0.2) is 4.79 Å². The number of cyclic esters (lactones) is 1. The molecule has 4 saturated heterocycles. The molecule has 0 bridgehead atoms. The number of esters is 1. The standard InChI is InChI=1S/C42H61N5O10/c1-11-31-42(8)36(47(40(52)57-42)28-20-46(21-28)19-27-14-16-43-29-13-12-15-44-32(27)29)24(4)33(48)22(2)18-41(7,53)37(25(5)34(49)26(6)38(51)55-31)56-39-35(50)30(45(9)10)17-23(3)54-39/h12-16,22-26,28,30-31,35-37,39,50,53H,11,17-21H2,1-10H3/t22-,23-,24+,25+,26-,30+,31-,35-,36-,37-,39+,41-,42-/m1/s1. The van der Waals surface area contributed by atoms with E-state index in [2.05, 4.69) is 14.9 Å². The lowest BCUT2D eigenvalue weighted by molar-refractivity contribution is -0.293. The molecule has 0 radical (unpaired) electrons. The Morgan fingerprint density at radius 2 is 1.68 bits per heavy atom. The van der Waals surface area contributed by atoms with Crippen molar-refractivity contribution in [2.75, 3.05) is 27.2 Å². The third-order valence-electron chi connectivity index (χ3n) is 13.0. The first-order valence-corrected chi connectivity index (χ1v) is 20.4. The number of fused-ring (bicyclic) bond motifs is 2. The Balaban J connectivity index is 1.30. The fourth-order valence-corrected chi connectivity index (χ4v) is 9.86. The summed E-state index contributed by atoms with van der Waals surface area (Å²) in [5, 5.41) is 23.6.